The number of benzene rings is 2. The van der Waals surface area contributed by atoms with Gasteiger partial charge in [0.2, 0.25) is 0 Å². The topological polar surface area (TPSA) is 69.4 Å². The number of hydrazone groups is 1. The molecule has 6 nitrogen and oxygen atoms in total. The number of halogens is 1. The second-order valence-corrected chi connectivity index (χ2v) is 6.82. The van der Waals surface area contributed by atoms with Gasteiger partial charge < -0.3 is 19.5 Å². The summed E-state index contributed by atoms with van der Waals surface area (Å²) in [5.74, 6) is -0.771. The molecule has 142 valence electrons. The summed E-state index contributed by atoms with van der Waals surface area (Å²) in [7, 11) is 0. The number of ether oxygens (including phenoxy) is 1. The van der Waals surface area contributed by atoms with Crippen LogP contribution in [0.4, 0.5) is 0 Å². The van der Waals surface area contributed by atoms with Crippen LogP contribution in [0.1, 0.15) is 11.1 Å². The number of para-hydroxylation sites is 1. The molecule has 0 bridgehead atoms. The molecule has 3 rings (SSSR count). The van der Waals surface area contributed by atoms with E-state index < -0.39 is 12.6 Å². The number of hydrogen-bond acceptors (Lipinski definition) is 5. The Labute approximate surface area is 163 Å². The van der Waals surface area contributed by atoms with Crippen molar-refractivity contribution in [3.8, 4) is 5.75 Å². The van der Waals surface area contributed by atoms with E-state index in [9.17, 15) is 9.90 Å². The summed E-state index contributed by atoms with van der Waals surface area (Å²) in [4.78, 5) is 12.1. The van der Waals surface area contributed by atoms with Crippen LogP contribution in [0.15, 0.2) is 53.6 Å². The fourth-order valence-electron chi connectivity index (χ4n) is 3.01. The average Bonchev–Trinajstić information content (AvgIpc) is 2.68. The Morgan fingerprint density at radius 1 is 1.19 bits per heavy atom. The van der Waals surface area contributed by atoms with Gasteiger partial charge in [-0.05, 0) is 18.2 Å². The molecule has 2 aromatic carbocycles. The molecule has 0 atom stereocenters. The first-order valence-corrected chi connectivity index (χ1v) is 9.27. The molecule has 0 aromatic heterocycles. The molecule has 1 fully saturated rings. The smallest absolute Gasteiger partial charge is 0.128 e. The van der Waals surface area contributed by atoms with Gasteiger partial charge in [0.05, 0.1) is 38.4 Å². The number of hydrogen-bond donors (Lipinski definition) is 1. The molecule has 7 heteroatoms. The molecule has 1 aliphatic rings. The van der Waals surface area contributed by atoms with Crippen molar-refractivity contribution in [2.24, 2.45) is 5.10 Å². The van der Waals surface area contributed by atoms with Crippen LogP contribution in [0, 0.1) is 0 Å². The lowest BCUT2D eigenvalue weighted by Gasteiger charge is -2.30. The number of quaternary nitrogens is 1. The lowest BCUT2D eigenvalue weighted by atomic mass is 10.2. The van der Waals surface area contributed by atoms with E-state index in [2.05, 4.69) is 11.2 Å². The molecule has 1 saturated heterocycles. The van der Waals surface area contributed by atoms with Gasteiger partial charge in [0.15, 0.2) is 0 Å². The van der Waals surface area contributed by atoms with E-state index in [1.165, 1.54) is 10.5 Å². The normalized spacial score (nSPS) is 15.2. The summed E-state index contributed by atoms with van der Waals surface area (Å²) < 4.78 is 5.24. The Hall–Kier alpha value is -2.57. The second kappa shape index (κ2) is 9.39. The van der Waals surface area contributed by atoms with Crippen LogP contribution < -0.4 is 14.7 Å². The molecule has 0 unspecified atom stereocenters. The van der Waals surface area contributed by atoms with Crippen LogP contribution in [0.25, 0.3) is 0 Å². The fourth-order valence-corrected chi connectivity index (χ4v) is 3.22. The van der Waals surface area contributed by atoms with E-state index in [1.54, 1.807) is 18.3 Å². The highest BCUT2D eigenvalue weighted by molar-refractivity contribution is 6.31. The van der Waals surface area contributed by atoms with Crippen LogP contribution in [0.5, 0.6) is 5.75 Å². The molecule has 1 aliphatic heterocycles. The van der Waals surface area contributed by atoms with Crippen molar-refractivity contribution in [3.63, 3.8) is 0 Å². The zero-order valence-corrected chi connectivity index (χ0v) is 15.7. The molecule has 1 N–H and O–H groups in total. The van der Waals surface area contributed by atoms with E-state index in [-0.39, 0.29) is 0 Å². The molecule has 27 heavy (non-hydrogen) atoms. The van der Waals surface area contributed by atoms with Gasteiger partial charge in [-0.25, -0.2) is 0 Å². The minimum absolute atomic E-state index is 0.477. The maximum atomic E-state index is 10.6. The third-order valence-corrected chi connectivity index (χ3v) is 4.84. The minimum Gasteiger partial charge on any atom is -0.546 e. The molecule has 0 saturated carbocycles. The third-order valence-electron chi connectivity index (χ3n) is 4.47. The zero-order valence-electron chi connectivity index (χ0n) is 14.9. The van der Waals surface area contributed by atoms with Gasteiger partial charge in [-0.3, -0.25) is 5.01 Å². The van der Waals surface area contributed by atoms with Gasteiger partial charge in [-0.1, -0.05) is 41.9 Å². The Morgan fingerprint density at radius 2 is 1.89 bits per heavy atom. The number of carbonyl (C=O) groups is 1. The van der Waals surface area contributed by atoms with Gasteiger partial charge in [0.1, 0.15) is 18.9 Å². The number of carboxylic acids is 1. The quantitative estimate of drug-likeness (QED) is 0.689. The van der Waals surface area contributed by atoms with Gasteiger partial charge in [0.25, 0.3) is 0 Å². The summed E-state index contributed by atoms with van der Waals surface area (Å²) in [5.41, 5.74) is 1.91. The van der Waals surface area contributed by atoms with Crippen LogP contribution in [0.3, 0.4) is 0 Å². The summed E-state index contributed by atoms with van der Waals surface area (Å²) >= 11 is 6.25. The number of carbonyl (C=O) groups excluding carboxylic acids is 1. The van der Waals surface area contributed by atoms with E-state index in [0.717, 1.165) is 43.3 Å². The number of nitrogens with one attached hydrogen (secondary N) is 1. The standard InChI is InChI=1S/C20H22ClN3O3/c21-18-7-3-1-6-17(18)14-23-9-11-24(12-10-23)22-13-16-5-2-4-8-19(16)27-15-20(25)26/h1-8,13H,9-12,14-15H2,(H,25,26). The van der Waals surface area contributed by atoms with E-state index >= 15 is 0 Å². The highest BCUT2D eigenvalue weighted by Gasteiger charge is 2.19. The Bertz CT molecular complexity index is 805. The maximum Gasteiger partial charge on any atom is 0.128 e. The molecule has 0 amide bonds. The first-order valence-electron chi connectivity index (χ1n) is 8.89. The van der Waals surface area contributed by atoms with Crippen molar-refractivity contribution >= 4 is 23.8 Å². The van der Waals surface area contributed by atoms with Gasteiger partial charge in [-0.2, -0.15) is 5.10 Å². The average molecular weight is 388 g/mol. The molecule has 0 radical (unpaired) electrons. The van der Waals surface area contributed by atoms with Crippen LogP contribution in [-0.4, -0.2) is 50.0 Å². The van der Waals surface area contributed by atoms with Gasteiger partial charge in [0, 0.05) is 16.1 Å². The Morgan fingerprint density at radius 3 is 2.63 bits per heavy atom. The third kappa shape index (κ3) is 5.70. The summed E-state index contributed by atoms with van der Waals surface area (Å²) in [6.07, 6.45) is 1.71. The highest BCUT2D eigenvalue weighted by Crippen LogP contribution is 2.16. The SMILES string of the molecule is O=C([O-])COc1ccccc1C=NN1CC[NH+](Cc2ccccc2Cl)CC1. The van der Waals surface area contributed by atoms with Crippen molar-refractivity contribution in [2.75, 3.05) is 32.8 Å². The largest absolute Gasteiger partial charge is 0.546 e. The Kier molecular flexibility index (Phi) is 6.68. The zero-order chi connectivity index (χ0) is 19.1. The predicted molar refractivity (Wildman–Crippen MR) is 102 cm³/mol. The van der Waals surface area contributed by atoms with Crippen LogP contribution >= 0.6 is 11.6 Å². The monoisotopic (exact) mass is 387 g/mol. The number of rotatable bonds is 7. The minimum atomic E-state index is -1.25. The molecule has 1 heterocycles. The van der Waals surface area contributed by atoms with E-state index in [4.69, 9.17) is 16.3 Å². The van der Waals surface area contributed by atoms with Crippen molar-refractivity contribution in [1.29, 1.82) is 0 Å². The van der Waals surface area contributed by atoms with Gasteiger partial charge in [-0.15, -0.1) is 0 Å². The van der Waals surface area contributed by atoms with Crippen molar-refractivity contribution in [2.45, 2.75) is 6.54 Å². The lowest BCUT2D eigenvalue weighted by Crippen LogP contribution is -3.13. The maximum absolute atomic E-state index is 10.6. The van der Waals surface area contributed by atoms with Crippen LogP contribution in [-0.2, 0) is 11.3 Å². The molecule has 0 aliphatic carbocycles. The van der Waals surface area contributed by atoms with Crippen molar-refractivity contribution in [1.82, 2.24) is 5.01 Å². The predicted octanol–water partition coefficient (Wildman–Crippen LogP) is 0.203. The molecular formula is C20H22ClN3O3. The first-order chi connectivity index (χ1) is 13.1. The van der Waals surface area contributed by atoms with E-state index in [0.29, 0.717) is 5.75 Å². The highest BCUT2D eigenvalue weighted by atomic mass is 35.5. The lowest BCUT2D eigenvalue weighted by molar-refractivity contribution is -0.918. The van der Waals surface area contributed by atoms with Crippen molar-refractivity contribution in [3.05, 3.63) is 64.7 Å². The first kappa shape index (κ1) is 19.2. The molecule has 2 aromatic rings. The fraction of sp³-hybridized carbons (Fsp3) is 0.300. The molecular weight excluding hydrogens is 366 g/mol. The Balaban J connectivity index is 1.53. The van der Waals surface area contributed by atoms with Crippen LogP contribution in [0.2, 0.25) is 5.02 Å². The summed E-state index contributed by atoms with van der Waals surface area (Å²) in [6.45, 7) is 4.08. The van der Waals surface area contributed by atoms with Crippen molar-refractivity contribution < 1.29 is 19.5 Å². The summed E-state index contributed by atoms with van der Waals surface area (Å²) in [6, 6.07) is 15.2. The number of nitrogens with zero attached hydrogens (tertiary/aromatic N) is 2. The number of carboxylic acid groups (broad SMARTS) is 1. The number of aliphatic carboxylic acids is 1. The molecule has 0 spiro atoms. The number of piperazine rings is 1. The second-order valence-electron chi connectivity index (χ2n) is 6.41. The van der Waals surface area contributed by atoms with Gasteiger partial charge >= 0.3 is 0 Å². The van der Waals surface area contributed by atoms with E-state index in [1.807, 2.05) is 35.3 Å². The summed E-state index contributed by atoms with van der Waals surface area (Å²) in [5, 5.41) is 17.9.